The maximum Gasteiger partial charge on any atom is 0.120 e. The molecular formula is C15H22ClNO. The lowest BCUT2D eigenvalue weighted by Crippen LogP contribution is -2.41. The van der Waals surface area contributed by atoms with Crippen LogP contribution in [0.1, 0.15) is 45.2 Å². The summed E-state index contributed by atoms with van der Waals surface area (Å²) >= 11 is 6.03. The van der Waals surface area contributed by atoms with Crippen molar-refractivity contribution in [3.8, 4) is 5.75 Å². The molecule has 2 nitrogen and oxygen atoms in total. The molecule has 0 amide bonds. The molecule has 1 fully saturated rings. The molecule has 1 aromatic carbocycles. The predicted molar refractivity (Wildman–Crippen MR) is 76.1 cm³/mol. The number of halogens is 1. The molecule has 1 aliphatic rings. The van der Waals surface area contributed by atoms with Crippen molar-refractivity contribution in [3.05, 3.63) is 28.8 Å². The van der Waals surface area contributed by atoms with Gasteiger partial charge in [0.05, 0.1) is 0 Å². The average Bonchev–Trinajstić information content (AvgIpc) is 2.30. The fourth-order valence-corrected chi connectivity index (χ4v) is 3.04. The van der Waals surface area contributed by atoms with Crippen LogP contribution in [0.3, 0.4) is 0 Å². The molecule has 1 N–H and O–H groups in total. The molecule has 0 saturated carbocycles. The van der Waals surface area contributed by atoms with Gasteiger partial charge >= 0.3 is 0 Å². The first-order chi connectivity index (χ1) is 8.39. The Morgan fingerprint density at radius 3 is 2.78 bits per heavy atom. The molecule has 100 valence electrons. The molecule has 0 aliphatic carbocycles. The average molecular weight is 268 g/mol. The van der Waals surface area contributed by atoms with Crippen molar-refractivity contribution in [2.45, 2.75) is 39.7 Å². The summed E-state index contributed by atoms with van der Waals surface area (Å²) in [5, 5.41) is 10.7. The van der Waals surface area contributed by atoms with E-state index in [4.69, 9.17) is 11.6 Å². The highest BCUT2D eigenvalue weighted by molar-refractivity contribution is 6.30. The summed E-state index contributed by atoms with van der Waals surface area (Å²) in [6.07, 6.45) is 2.50. The molecule has 1 aliphatic heterocycles. The smallest absolute Gasteiger partial charge is 0.120 e. The zero-order valence-electron chi connectivity index (χ0n) is 11.4. The highest BCUT2D eigenvalue weighted by atomic mass is 35.5. The second-order valence-corrected chi connectivity index (χ2v) is 6.55. The van der Waals surface area contributed by atoms with Crippen LogP contribution in [0.15, 0.2) is 18.2 Å². The van der Waals surface area contributed by atoms with Crippen molar-refractivity contribution < 1.29 is 5.11 Å². The molecule has 1 aromatic rings. The summed E-state index contributed by atoms with van der Waals surface area (Å²) < 4.78 is 0. The van der Waals surface area contributed by atoms with Gasteiger partial charge in [0.1, 0.15) is 5.75 Å². The maximum atomic E-state index is 9.98. The van der Waals surface area contributed by atoms with Crippen LogP contribution in [0, 0.1) is 5.41 Å². The summed E-state index contributed by atoms with van der Waals surface area (Å²) in [4.78, 5) is 2.44. The molecule has 0 aromatic heterocycles. The summed E-state index contributed by atoms with van der Waals surface area (Å²) in [5.74, 6) is 0.343. The van der Waals surface area contributed by atoms with Gasteiger partial charge in [-0.2, -0.15) is 0 Å². The Balaban J connectivity index is 2.20. The van der Waals surface area contributed by atoms with E-state index in [1.807, 2.05) is 6.07 Å². The van der Waals surface area contributed by atoms with Gasteiger partial charge in [-0.1, -0.05) is 25.4 Å². The number of nitrogens with zero attached hydrogens (tertiary/aromatic N) is 1. The number of likely N-dealkylation sites (tertiary alicyclic amines) is 1. The number of hydrogen-bond donors (Lipinski definition) is 1. The maximum absolute atomic E-state index is 9.98. The second kappa shape index (κ2) is 5.10. The monoisotopic (exact) mass is 267 g/mol. The minimum atomic E-state index is 0.211. The zero-order valence-corrected chi connectivity index (χ0v) is 12.2. The van der Waals surface area contributed by atoms with E-state index in [1.54, 1.807) is 12.1 Å². The van der Waals surface area contributed by atoms with E-state index in [0.717, 1.165) is 18.7 Å². The van der Waals surface area contributed by atoms with Gasteiger partial charge in [0.15, 0.2) is 0 Å². The molecule has 18 heavy (non-hydrogen) atoms. The van der Waals surface area contributed by atoms with Crippen LogP contribution in [-0.2, 0) is 0 Å². The molecule has 3 heteroatoms. The fraction of sp³-hybridized carbons (Fsp3) is 0.600. The molecule has 1 unspecified atom stereocenters. The van der Waals surface area contributed by atoms with E-state index in [1.165, 1.54) is 12.8 Å². The number of phenolic OH excluding ortho intramolecular Hbond substituents is 1. The lowest BCUT2D eigenvalue weighted by atomic mass is 9.83. The van der Waals surface area contributed by atoms with Crippen LogP contribution in [0.4, 0.5) is 0 Å². The number of benzene rings is 1. The Hall–Kier alpha value is -0.730. The SMILES string of the molecule is CC(c1cc(Cl)ccc1O)N1CCCC(C)(C)C1. The summed E-state index contributed by atoms with van der Waals surface area (Å²) in [5.41, 5.74) is 1.29. The Morgan fingerprint density at radius 2 is 2.11 bits per heavy atom. The third-order valence-electron chi connectivity index (χ3n) is 3.92. The van der Waals surface area contributed by atoms with Crippen LogP contribution in [0.25, 0.3) is 0 Å². The first-order valence-electron chi connectivity index (χ1n) is 6.61. The van der Waals surface area contributed by atoms with E-state index in [-0.39, 0.29) is 6.04 Å². The van der Waals surface area contributed by atoms with E-state index < -0.39 is 0 Å². The molecule has 1 atom stereocenters. The molecule has 0 bridgehead atoms. The first kappa shape index (κ1) is 13.7. The Labute approximate surface area is 115 Å². The van der Waals surface area contributed by atoms with Gasteiger partial charge in [0.25, 0.3) is 0 Å². The topological polar surface area (TPSA) is 23.5 Å². The first-order valence-corrected chi connectivity index (χ1v) is 6.99. The predicted octanol–water partition coefficient (Wildman–Crippen LogP) is 4.23. The Morgan fingerprint density at radius 1 is 1.39 bits per heavy atom. The molecule has 1 heterocycles. The van der Waals surface area contributed by atoms with Crippen molar-refractivity contribution in [3.63, 3.8) is 0 Å². The standard InChI is InChI=1S/C15H22ClNO/c1-11(13-9-12(16)5-6-14(13)18)17-8-4-7-15(2,3)10-17/h5-6,9,11,18H,4,7-8,10H2,1-3H3. The van der Waals surface area contributed by atoms with E-state index in [9.17, 15) is 5.11 Å². The van der Waals surface area contributed by atoms with Crippen LogP contribution < -0.4 is 0 Å². The molecular weight excluding hydrogens is 246 g/mol. The van der Waals surface area contributed by atoms with Crippen molar-refractivity contribution in [2.75, 3.05) is 13.1 Å². The van der Waals surface area contributed by atoms with Crippen LogP contribution in [0.5, 0.6) is 5.75 Å². The zero-order chi connectivity index (χ0) is 13.3. The summed E-state index contributed by atoms with van der Waals surface area (Å²) in [6, 6.07) is 5.50. The van der Waals surface area contributed by atoms with Crippen molar-refractivity contribution >= 4 is 11.6 Å². The third-order valence-corrected chi connectivity index (χ3v) is 4.15. The lowest BCUT2D eigenvalue weighted by molar-refractivity contribution is 0.0836. The van der Waals surface area contributed by atoms with Gasteiger partial charge < -0.3 is 5.11 Å². The normalized spacial score (nSPS) is 21.8. The van der Waals surface area contributed by atoms with Crippen LogP contribution in [0.2, 0.25) is 5.02 Å². The quantitative estimate of drug-likeness (QED) is 0.867. The van der Waals surface area contributed by atoms with Crippen molar-refractivity contribution in [1.82, 2.24) is 4.90 Å². The van der Waals surface area contributed by atoms with Crippen molar-refractivity contribution in [1.29, 1.82) is 0 Å². The number of rotatable bonds is 2. The minimum Gasteiger partial charge on any atom is -0.508 e. The molecule has 0 spiro atoms. The Bertz CT molecular complexity index is 431. The number of piperidine rings is 1. The van der Waals surface area contributed by atoms with Gasteiger partial charge in [-0.25, -0.2) is 0 Å². The summed E-state index contributed by atoms with van der Waals surface area (Å²) in [7, 11) is 0. The van der Waals surface area contributed by atoms with Crippen molar-refractivity contribution in [2.24, 2.45) is 5.41 Å². The second-order valence-electron chi connectivity index (χ2n) is 6.12. The van der Waals surface area contributed by atoms with E-state index in [0.29, 0.717) is 16.2 Å². The van der Waals surface area contributed by atoms with Crippen LogP contribution in [-0.4, -0.2) is 23.1 Å². The molecule has 1 saturated heterocycles. The number of phenols is 1. The van der Waals surface area contributed by atoms with Gasteiger partial charge in [0.2, 0.25) is 0 Å². The van der Waals surface area contributed by atoms with Gasteiger partial charge in [0, 0.05) is 23.2 Å². The van der Waals surface area contributed by atoms with Gasteiger partial charge in [-0.3, -0.25) is 4.90 Å². The van der Waals surface area contributed by atoms with Gasteiger partial charge in [-0.15, -0.1) is 0 Å². The summed E-state index contributed by atoms with van der Waals surface area (Å²) in [6.45, 7) is 8.93. The number of aromatic hydroxyl groups is 1. The largest absolute Gasteiger partial charge is 0.508 e. The Kier molecular flexibility index (Phi) is 3.88. The number of hydrogen-bond acceptors (Lipinski definition) is 2. The molecule has 2 rings (SSSR count). The fourth-order valence-electron chi connectivity index (χ4n) is 2.86. The lowest BCUT2D eigenvalue weighted by Gasteiger charge is -2.41. The van der Waals surface area contributed by atoms with Gasteiger partial charge in [-0.05, 0) is 49.9 Å². The van der Waals surface area contributed by atoms with E-state index in [2.05, 4.69) is 25.7 Å². The van der Waals surface area contributed by atoms with Crippen LogP contribution >= 0.6 is 11.6 Å². The highest BCUT2D eigenvalue weighted by Gasteiger charge is 2.30. The molecule has 0 radical (unpaired) electrons. The highest BCUT2D eigenvalue weighted by Crippen LogP contribution is 2.36. The van der Waals surface area contributed by atoms with E-state index >= 15 is 0 Å². The minimum absolute atomic E-state index is 0.211. The third kappa shape index (κ3) is 2.99.